The first-order valence-electron chi connectivity index (χ1n) is 12.0. The third-order valence-electron chi connectivity index (χ3n) is 5.98. The Balaban J connectivity index is 1.93. The molecule has 37 heavy (non-hydrogen) atoms. The maximum absolute atomic E-state index is 13.5. The lowest BCUT2D eigenvalue weighted by Gasteiger charge is -2.12. The van der Waals surface area contributed by atoms with Crippen molar-refractivity contribution < 1.29 is 18.0 Å². The molecule has 0 aliphatic rings. The van der Waals surface area contributed by atoms with Gasteiger partial charge < -0.3 is 5.32 Å². The van der Waals surface area contributed by atoms with Gasteiger partial charge >= 0.3 is 11.9 Å². The number of amides is 1. The maximum atomic E-state index is 13.5. The number of nitrogens with one attached hydrogen (secondary N) is 1. The lowest BCUT2D eigenvalue weighted by Crippen LogP contribution is -2.30. The highest BCUT2D eigenvalue weighted by molar-refractivity contribution is 5.98. The largest absolute Gasteiger partial charge is 0.416 e. The summed E-state index contributed by atoms with van der Waals surface area (Å²) < 4.78 is 43.3. The normalized spacial score (nSPS) is 12.2. The fourth-order valence-electron chi connectivity index (χ4n) is 4.11. The summed E-state index contributed by atoms with van der Waals surface area (Å²) >= 11 is 0. The molecule has 2 heterocycles. The fourth-order valence-corrected chi connectivity index (χ4v) is 4.11. The van der Waals surface area contributed by atoms with E-state index >= 15 is 0 Å². The number of aryl methyl sites for hydroxylation is 1. The number of benzene rings is 2. The lowest BCUT2D eigenvalue weighted by molar-refractivity contribution is -0.137. The topological polar surface area (TPSA) is 90.4 Å². The zero-order valence-electron chi connectivity index (χ0n) is 21.0. The third-order valence-corrected chi connectivity index (χ3v) is 5.98. The van der Waals surface area contributed by atoms with Crippen molar-refractivity contribution in [3.05, 3.63) is 80.0 Å². The van der Waals surface area contributed by atoms with Crippen molar-refractivity contribution in [1.29, 1.82) is 0 Å². The van der Waals surface area contributed by atoms with Crippen LogP contribution in [-0.4, -0.2) is 30.7 Å². The molecule has 0 saturated heterocycles. The molecule has 0 radical (unpaired) electrons. The standard InChI is InChI=1S/C26H28F3N5O3/c1-15(2)10-11-32-23(36)20-9-8-18(22(35)30-16(3)4)13-21(20)34-24(32)31-33(25(34)37)14-17-6-5-7-19(12-17)26(27,28)29/h5-9,12-13,15-16H,10-11,14H2,1-4H3,(H,30,35). The van der Waals surface area contributed by atoms with Crippen molar-refractivity contribution in [2.24, 2.45) is 5.92 Å². The van der Waals surface area contributed by atoms with Gasteiger partial charge in [0.2, 0.25) is 5.78 Å². The average Bonchev–Trinajstić information content (AvgIpc) is 3.13. The molecule has 2 aromatic carbocycles. The minimum atomic E-state index is -4.53. The van der Waals surface area contributed by atoms with E-state index in [9.17, 15) is 27.6 Å². The van der Waals surface area contributed by atoms with Gasteiger partial charge in [-0.15, -0.1) is 5.10 Å². The second-order valence-electron chi connectivity index (χ2n) is 9.77. The quantitative estimate of drug-likeness (QED) is 0.402. The molecule has 0 unspecified atom stereocenters. The third kappa shape index (κ3) is 5.30. The van der Waals surface area contributed by atoms with Crippen molar-refractivity contribution in [3.63, 3.8) is 0 Å². The first kappa shape index (κ1) is 26.2. The number of aromatic nitrogens is 4. The Morgan fingerprint density at radius 1 is 1.05 bits per heavy atom. The van der Waals surface area contributed by atoms with E-state index in [0.29, 0.717) is 13.0 Å². The molecule has 0 fully saturated rings. The van der Waals surface area contributed by atoms with Crippen LogP contribution >= 0.6 is 0 Å². The SMILES string of the molecule is CC(C)CCn1c(=O)c2ccc(C(=O)NC(C)C)cc2n2c(=O)n(Cc3cccc(C(F)(F)F)c3)nc12. The molecule has 4 aromatic rings. The molecule has 0 atom stereocenters. The zero-order chi connectivity index (χ0) is 27.1. The van der Waals surface area contributed by atoms with Crippen LogP contribution in [0.4, 0.5) is 13.2 Å². The smallest absolute Gasteiger partial charge is 0.350 e. The number of alkyl halides is 3. The van der Waals surface area contributed by atoms with Gasteiger partial charge in [-0.05, 0) is 62.1 Å². The van der Waals surface area contributed by atoms with Crippen molar-refractivity contribution in [3.8, 4) is 0 Å². The predicted octanol–water partition coefficient (Wildman–Crippen LogP) is 4.06. The van der Waals surface area contributed by atoms with Crippen molar-refractivity contribution in [2.45, 2.75) is 59.4 Å². The van der Waals surface area contributed by atoms with Gasteiger partial charge in [0.15, 0.2) is 0 Å². The van der Waals surface area contributed by atoms with Crippen LogP contribution in [0.5, 0.6) is 0 Å². The van der Waals surface area contributed by atoms with Crippen LogP contribution in [0.1, 0.15) is 55.6 Å². The number of rotatable bonds is 7. The molecule has 2 aromatic heterocycles. The van der Waals surface area contributed by atoms with Gasteiger partial charge in [-0.25, -0.2) is 13.9 Å². The second kappa shape index (κ2) is 9.87. The Labute approximate surface area is 210 Å². The second-order valence-corrected chi connectivity index (χ2v) is 9.77. The molecule has 0 aliphatic carbocycles. The maximum Gasteiger partial charge on any atom is 0.416 e. The van der Waals surface area contributed by atoms with Crippen LogP contribution in [0.3, 0.4) is 0 Å². The average molecular weight is 516 g/mol. The molecular weight excluding hydrogens is 487 g/mol. The van der Waals surface area contributed by atoms with Crippen molar-refractivity contribution in [1.82, 2.24) is 24.1 Å². The summed E-state index contributed by atoms with van der Waals surface area (Å²) in [7, 11) is 0. The summed E-state index contributed by atoms with van der Waals surface area (Å²) in [4.78, 5) is 39.5. The molecule has 11 heteroatoms. The number of halogens is 3. The first-order chi connectivity index (χ1) is 17.4. The highest BCUT2D eigenvalue weighted by Gasteiger charge is 2.30. The molecule has 0 spiro atoms. The highest BCUT2D eigenvalue weighted by Crippen LogP contribution is 2.29. The van der Waals surface area contributed by atoms with Crippen molar-refractivity contribution in [2.75, 3.05) is 0 Å². The van der Waals surface area contributed by atoms with Gasteiger partial charge in [0, 0.05) is 18.2 Å². The summed E-state index contributed by atoms with van der Waals surface area (Å²) in [6.07, 6.45) is -3.88. The summed E-state index contributed by atoms with van der Waals surface area (Å²) in [6, 6.07) is 9.05. The van der Waals surface area contributed by atoms with E-state index in [1.807, 2.05) is 27.7 Å². The van der Waals surface area contributed by atoms with Crippen LogP contribution in [0.25, 0.3) is 16.7 Å². The van der Waals surface area contributed by atoms with Crippen LogP contribution in [0.2, 0.25) is 0 Å². The summed E-state index contributed by atoms with van der Waals surface area (Å²) in [5.41, 5.74) is -1.12. The summed E-state index contributed by atoms with van der Waals surface area (Å²) in [6.45, 7) is 7.70. The molecule has 8 nitrogen and oxygen atoms in total. The molecular formula is C26H28F3N5O3. The Morgan fingerprint density at radius 3 is 2.43 bits per heavy atom. The van der Waals surface area contributed by atoms with E-state index in [1.54, 1.807) is 0 Å². The summed E-state index contributed by atoms with van der Waals surface area (Å²) in [5.74, 6) is -0.0290. The molecule has 196 valence electrons. The van der Waals surface area contributed by atoms with Gasteiger partial charge in [0.25, 0.3) is 11.5 Å². The molecule has 4 rings (SSSR count). The van der Waals surface area contributed by atoms with E-state index in [1.165, 1.54) is 39.3 Å². The molecule has 1 amide bonds. The lowest BCUT2D eigenvalue weighted by atomic mass is 10.1. The first-order valence-corrected chi connectivity index (χ1v) is 12.0. The van der Waals surface area contributed by atoms with Gasteiger partial charge in [0.1, 0.15) is 0 Å². The monoisotopic (exact) mass is 515 g/mol. The number of hydrogen-bond acceptors (Lipinski definition) is 4. The van der Waals surface area contributed by atoms with Gasteiger partial charge in [-0.2, -0.15) is 13.2 Å². The van der Waals surface area contributed by atoms with E-state index < -0.39 is 17.4 Å². The number of nitrogens with zero attached hydrogens (tertiary/aromatic N) is 4. The number of fused-ring (bicyclic) bond motifs is 3. The summed E-state index contributed by atoms with van der Waals surface area (Å²) in [5, 5.41) is 7.37. The Kier molecular flexibility index (Phi) is 6.98. The Morgan fingerprint density at radius 2 is 1.78 bits per heavy atom. The molecule has 0 aliphatic heterocycles. The van der Waals surface area contributed by atoms with E-state index in [0.717, 1.165) is 16.8 Å². The van der Waals surface area contributed by atoms with Gasteiger partial charge in [-0.3, -0.25) is 14.2 Å². The van der Waals surface area contributed by atoms with Gasteiger partial charge in [-0.1, -0.05) is 26.0 Å². The minimum absolute atomic E-state index is 0.0662. The zero-order valence-corrected chi connectivity index (χ0v) is 21.0. The van der Waals surface area contributed by atoms with E-state index in [-0.39, 0.29) is 57.8 Å². The Hall–Kier alpha value is -3.89. The van der Waals surface area contributed by atoms with Crippen LogP contribution in [-0.2, 0) is 19.3 Å². The Bertz CT molecular complexity index is 1600. The van der Waals surface area contributed by atoms with Gasteiger partial charge in [0.05, 0.1) is 23.0 Å². The number of carbonyl (C=O) groups is 1. The van der Waals surface area contributed by atoms with Crippen LogP contribution < -0.4 is 16.6 Å². The molecule has 0 bridgehead atoms. The van der Waals surface area contributed by atoms with E-state index in [2.05, 4.69) is 10.4 Å². The van der Waals surface area contributed by atoms with Crippen molar-refractivity contribution >= 4 is 22.6 Å². The van der Waals surface area contributed by atoms with Crippen LogP contribution in [0.15, 0.2) is 52.1 Å². The fraction of sp³-hybridized carbons (Fsp3) is 0.385. The highest BCUT2D eigenvalue weighted by atomic mass is 19.4. The predicted molar refractivity (Wildman–Crippen MR) is 134 cm³/mol. The van der Waals surface area contributed by atoms with Crippen LogP contribution in [0, 0.1) is 5.92 Å². The number of carbonyl (C=O) groups excluding carboxylic acids is 1. The minimum Gasteiger partial charge on any atom is -0.350 e. The molecule has 1 N–H and O–H groups in total. The molecule has 0 saturated carbocycles. The van der Waals surface area contributed by atoms with E-state index in [4.69, 9.17) is 0 Å². The number of hydrogen-bond donors (Lipinski definition) is 1.